The Morgan fingerprint density at radius 2 is 1.21 bits per heavy atom. The first kappa shape index (κ1) is 26.8. The van der Waals surface area contributed by atoms with Crippen molar-refractivity contribution >= 4 is 21.7 Å². The van der Waals surface area contributed by atoms with E-state index >= 15 is 0 Å². The molecule has 0 aromatic heterocycles. The third-order valence-corrected chi connectivity index (χ3v) is 5.64. The number of carbonyl (C=O) groups is 2. The van der Waals surface area contributed by atoms with Crippen LogP contribution >= 0.6 is 0 Å². The van der Waals surface area contributed by atoms with Crippen molar-refractivity contribution in [1.82, 2.24) is 0 Å². The van der Waals surface area contributed by atoms with Crippen molar-refractivity contribution in [2.24, 2.45) is 0 Å². The standard InChI is InChI=1S/C23H18F2O6S.Na/c1-2-21(32(28,29)30)31-20-12-16(22(26)14-3-7-18(24)8-4-14)11-17(13-20)23(27)15-5-9-19(25)10-6-15;/h3-13,21H,2H2,1H3,(H,28,29,30);/q;+1/p-1. The molecule has 0 heterocycles. The molecule has 10 heteroatoms. The minimum absolute atomic E-state index is 0. The van der Waals surface area contributed by atoms with Gasteiger partial charge in [-0.3, -0.25) is 9.59 Å². The minimum Gasteiger partial charge on any atom is -0.745 e. The summed E-state index contributed by atoms with van der Waals surface area (Å²) in [5, 5.41) is 0. The second-order valence-corrected chi connectivity index (χ2v) is 8.38. The molecule has 0 N–H and O–H groups in total. The van der Waals surface area contributed by atoms with Gasteiger partial charge in [0, 0.05) is 22.3 Å². The summed E-state index contributed by atoms with van der Waals surface area (Å²) in [6, 6.07) is 13.0. The van der Waals surface area contributed by atoms with Crippen molar-refractivity contribution in [3.8, 4) is 5.75 Å². The fraction of sp³-hybridized carbons (Fsp3) is 0.130. The van der Waals surface area contributed by atoms with E-state index in [1.165, 1.54) is 49.4 Å². The molecule has 166 valence electrons. The van der Waals surface area contributed by atoms with Crippen LogP contribution in [-0.4, -0.2) is 30.0 Å². The molecule has 6 nitrogen and oxygen atoms in total. The fourth-order valence-electron chi connectivity index (χ4n) is 2.96. The molecule has 1 unspecified atom stereocenters. The Kier molecular flexibility index (Phi) is 9.04. The molecule has 33 heavy (non-hydrogen) atoms. The molecule has 0 bridgehead atoms. The summed E-state index contributed by atoms with van der Waals surface area (Å²) in [7, 11) is -4.82. The molecule has 0 spiro atoms. The SMILES string of the molecule is CCC(Oc1cc(C(=O)c2ccc(F)cc2)cc(C(=O)c2ccc(F)cc2)c1)S(=O)(=O)[O-].[Na+]. The average molecular weight is 482 g/mol. The normalized spacial score (nSPS) is 11.9. The molecule has 0 radical (unpaired) electrons. The summed E-state index contributed by atoms with van der Waals surface area (Å²) in [5.74, 6) is -2.44. The topological polar surface area (TPSA) is 101 Å². The molecule has 0 amide bonds. The van der Waals surface area contributed by atoms with Gasteiger partial charge in [0.05, 0.1) is 0 Å². The van der Waals surface area contributed by atoms with E-state index in [0.717, 1.165) is 24.3 Å². The Morgan fingerprint density at radius 1 is 0.818 bits per heavy atom. The van der Waals surface area contributed by atoms with Gasteiger partial charge in [0.15, 0.2) is 17.0 Å². The van der Waals surface area contributed by atoms with Gasteiger partial charge in [0.2, 0.25) is 0 Å². The number of ether oxygens (including phenoxy) is 1. The van der Waals surface area contributed by atoms with Gasteiger partial charge in [-0.25, -0.2) is 17.2 Å². The number of carbonyl (C=O) groups excluding carboxylic acids is 2. The predicted octanol–water partition coefficient (Wildman–Crippen LogP) is 1.09. The van der Waals surface area contributed by atoms with Crippen LogP contribution in [0.25, 0.3) is 0 Å². The van der Waals surface area contributed by atoms with Gasteiger partial charge < -0.3 is 9.29 Å². The molecular formula is C23H17F2NaO6S. The van der Waals surface area contributed by atoms with Gasteiger partial charge in [0.1, 0.15) is 27.5 Å². The van der Waals surface area contributed by atoms with E-state index in [-0.39, 0.29) is 64.0 Å². The van der Waals surface area contributed by atoms with Crippen LogP contribution in [0.15, 0.2) is 66.7 Å². The van der Waals surface area contributed by atoms with Crippen LogP contribution in [0, 0.1) is 11.6 Å². The molecular weight excluding hydrogens is 465 g/mol. The molecule has 0 fully saturated rings. The number of ketones is 2. The van der Waals surface area contributed by atoms with Crippen molar-refractivity contribution < 1.29 is 65.6 Å². The van der Waals surface area contributed by atoms with Gasteiger partial charge in [-0.1, -0.05) is 6.92 Å². The first-order valence-corrected chi connectivity index (χ1v) is 10.9. The van der Waals surface area contributed by atoms with Crippen LogP contribution in [0.3, 0.4) is 0 Å². The summed E-state index contributed by atoms with van der Waals surface area (Å²) in [5.41, 5.74) is -1.58. The summed E-state index contributed by atoms with van der Waals surface area (Å²) >= 11 is 0. The smallest absolute Gasteiger partial charge is 0.745 e. The maximum atomic E-state index is 13.2. The quantitative estimate of drug-likeness (QED) is 0.271. The van der Waals surface area contributed by atoms with Gasteiger partial charge in [0.25, 0.3) is 0 Å². The number of hydrogen-bond donors (Lipinski definition) is 0. The van der Waals surface area contributed by atoms with Crippen LogP contribution in [-0.2, 0) is 10.1 Å². The Morgan fingerprint density at radius 3 is 1.55 bits per heavy atom. The van der Waals surface area contributed by atoms with E-state index in [1.807, 2.05) is 0 Å². The van der Waals surface area contributed by atoms with E-state index in [2.05, 4.69) is 0 Å². The van der Waals surface area contributed by atoms with E-state index < -0.39 is 38.8 Å². The molecule has 0 saturated heterocycles. The van der Waals surface area contributed by atoms with E-state index in [1.54, 1.807) is 0 Å². The number of halogens is 2. The van der Waals surface area contributed by atoms with Gasteiger partial charge in [-0.05, 0) is 73.2 Å². The average Bonchev–Trinajstić information content (AvgIpc) is 2.76. The van der Waals surface area contributed by atoms with Gasteiger partial charge in [-0.2, -0.15) is 0 Å². The van der Waals surface area contributed by atoms with Crippen molar-refractivity contribution in [2.45, 2.75) is 18.8 Å². The zero-order valence-corrected chi connectivity index (χ0v) is 20.6. The van der Waals surface area contributed by atoms with E-state index in [9.17, 15) is 31.3 Å². The van der Waals surface area contributed by atoms with Crippen LogP contribution in [0.2, 0.25) is 0 Å². The molecule has 3 aromatic carbocycles. The van der Waals surface area contributed by atoms with Gasteiger partial charge in [-0.15, -0.1) is 0 Å². The molecule has 0 aliphatic rings. The zero-order chi connectivity index (χ0) is 23.5. The maximum absolute atomic E-state index is 13.2. The Labute approximate surface area is 211 Å². The predicted molar refractivity (Wildman–Crippen MR) is 111 cm³/mol. The Hall–Kier alpha value is -2.43. The van der Waals surface area contributed by atoms with Crippen LogP contribution in [0.1, 0.15) is 45.2 Å². The molecule has 0 aliphatic carbocycles. The summed E-state index contributed by atoms with van der Waals surface area (Å²) < 4.78 is 66.0. The van der Waals surface area contributed by atoms with Crippen LogP contribution in [0.4, 0.5) is 8.78 Å². The van der Waals surface area contributed by atoms with Crippen molar-refractivity contribution in [2.75, 3.05) is 0 Å². The first-order valence-electron chi connectivity index (χ1n) is 9.45. The minimum atomic E-state index is -4.82. The maximum Gasteiger partial charge on any atom is 1.00 e. The van der Waals surface area contributed by atoms with E-state index in [4.69, 9.17) is 4.74 Å². The zero-order valence-electron chi connectivity index (χ0n) is 17.7. The van der Waals surface area contributed by atoms with Gasteiger partial charge >= 0.3 is 29.6 Å². The van der Waals surface area contributed by atoms with Crippen molar-refractivity contribution in [3.05, 3.63) is 101 Å². The van der Waals surface area contributed by atoms with Crippen molar-refractivity contribution in [1.29, 1.82) is 0 Å². The Bertz CT molecular complexity index is 1180. The molecule has 0 saturated carbocycles. The third-order valence-electron chi connectivity index (χ3n) is 4.57. The molecule has 0 aliphatic heterocycles. The van der Waals surface area contributed by atoms with Crippen molar-refractivity contribution in [3.63, 3.8) is 0 Å². The molecule has 1 atom stereocenters. The number of rotatable bonds is 8. The number of hydrogen-bond acceptors (Lipinski definition) is 6. The first-order chi connectivity index (χ1) is 15.1. The Balaban J connectivity index is 0.00000385. The second-order valence-electron chi connectivity index (χ2n) is 6.87. The third kappa shape index (κ3) is 6.78. The summed E-state index contributed by atoms with van der Waals surface area (Å²) in [6.45, 7) is 1.43. The molecule has 3 aromatic rings. The second kappa shape index (κ2) is 11.1. The largest absolute Gasteiger partial charge is 1.00 e. The van der Waals surface area contributed by atoms with Crippen LogP contribution < -0.4 is 34.3 Å². The fourth-order valence-corrected chi connectivity index (χ4v) is 3.60. The monoisotopic (exact) mass is 482 g/mol. The molecule has 3 rings (SSSR count). The van der Waals surface area contributed by atoms with E-state index in [0.29, 0.717) is 0 Å². The summed E-state index contributed by atoms with van der Waals surface area (Å²) in [6.07, 6.45) is -0.163. The summed E-state index contributed by atoms with van der Waals surface area (Å²) in [4.78, 5) is 25.8. The number of benzene rings is 3. The van der Waals surface area contributed by atoms with Crippen LogP contribution in [0.5, 0.6) is 5.75 Å².